The third kappa shape index (κ3) is 2.97. The largest absolute Gasteiger partial charge is 0.496 e. The van der Waals surface area contributed by atoms with Crippen LogP contribution in [0.2, 0.25) is 0 Å². The molecule has 1 aromatic carbocycles. The molecule has 2 aromatic rings. The number of rotatable bonds is 4. The minimum Gasteiger partial charge on any atom is -0.496 e. The molecular formula is C19H24N2OS. The predicted molar refractivity (Wildman–Crippen MR) is 100 cm³/mol. The normalized spacial score (nSPS) is 17.8. The molecule has 4 heteroatoms. The van der Waals surface area contributed by atoms with Gasteiger partial charge in [-0.25, -0.2) is 4.98 Å². The zero-order valence-corrected chi connectivity index (χ0v) is 15.3. The molecule has 23 heavy (non-hydrogen) atoms. The lowest BCUT2D eigenvalue weighted by Crippen LogP contribution is -2.11. The molecule has 1 aromatic heterocycles. The number of fused-ring (bicyclic) bond motifs is 1. The van der Waals surface area contributed by atoms with E-state index in [9.17, 15) is 0 Å². The first-order chi connectivity index (χ1) is 11.0. The number of nitrogens with zero attached hydrogens (tertiary/aromatic N) is 2. The Morgan fingerprint density at radius 3 is 2.74 bits per heavy atom. The summed E-state index contributed by atoms with van der Waals surface area (Å²) >= 11 is 1.83. The maximum Gasteiger partial charge on any atom is 0.123 e. The van der Waals surface area contributed by atoms with E-state index in [-0.39, 0.29) is 0 Å². The minimum atomic E-state index is 0.406. The predicted octanol–water partition coefficient (Wildman–Crippen LogP) is 4.63. The number of thioether (sulfide) groups is 1. The Balaban J connectivity index is 2.16. The van der Waals surface area contributed by atoms with Crippen molar-refractivity contribution in [1.29, 1.82) is 0 Å². The van der Waals surface area contributed by atoms with Crippen LogP contribution < -0.4 is 4.74 Å². The van der Waals surface area contributed by atoms with Crippen LogP contribution in [0.1, 0.15) is 37.6 Å². The summed E-state index contributed by atoms with van der Waals surface area (Å²) in [5, 5.41) is 2.31. The Labute approximate surface area is 142 Å². The van der Waals surface area contributed by atoms with Gasteiger partial charge in [-0.3, -0.25) is 4.99 Å². The van der Waals surface area contributed by atoms with Gasteiger partial charge in [0.1, 0.15) is 10.8 Å². The van der Waals surface area contributed by atoms with Crippen molar-refractivity contribution in [2.24, 2.45) is 10.9 Å². The summed E-state index contributed by atoms with van der Waals surface area (Å²) in [7, 11) is 1.71. The summed E-state index contributed by atoms with van der Waals surface area (Å²) in [6, 6.07) is 6.78. The first-order valence-corrected chi connectivity index (χ1v) is 9.21. The molecule has 0 radical (unpaired) electrons. The SMILES string of the molecule is CCc1cc(C2=NC(C(C)C)CS2)nc2c(C)c(OC)ccc12. The summed E-state index contributed by atoms with van der Waals surface area (Å²) in [6.45, 7) is 8.74. The third-order valence-electron chi connectivity index (χ3n) is 4.53. The van der Waals surface area contributed by atoms with Crippen molar-refractivity contribution in [3.63, 3.8) is 0 Å². The van der Waals surface area contributed by atoms with Gasteiger partial charge in [0.25, 0.3) is 0 Å². The van der Waals surface area contributed by atoms with E-state index < -0.39 is 0 Å². The molecule has 1 aliphatic rings. The molecule has 3 rings (SSSR count). The molecule has 3 nitrogen and oxygen atoms in total. The number of hydrogen-bond donors (Lipinski definition) is 0. The molecule has 0 saturated carbocycles. The van der Waals surface area contributed by atoms with Gasteiger partial charge in [0.15, 0.2) is 0 Å². The lowest BCUT2D eigenvalue weighted by molar-refractivity contribution is 0.412. The first kappa shape index (κ1) is 16.3. The smallest absolute Gasteiger partial charge is 0.123 e. The van der Waals surface area contributed by atoms with E-state index in [4.69, 9.17) is 14.7 Å². The van der Waals surface area contributed by atoms with Gasteiger partial charge in [-0.2, -0.15) is 0 Å². The third-order valence-corrected chi connectivity index (χ3v) is 5.63. The van der Waals surface area contributed by atoms with E-state index in [1.54, 1.807) is 7.11 Å². The van der Waals surface area contributed by atoms with Crippen LogP contribution in [-0.2, 0) is 6.42 Å². The summed E-state index contributed by atoms with van der Waals surface area (Å²) in [4.78, 5) is 9.83. The van der Waals surface area contributed by atoms with Gasteiger partial charge in [0.2, 0.25) is 0 Å². The number of hydrogen-bond acceptors (Lipinski definition) is 4. The van der Waals surface area contributed by atoms with E-state index >= 15 is 0 Å². The topological polar surface area (TPSA) is 34.5 Å². The zero-order chi connectivity index (χ0) is 16.6. The molecule has 0 amide bonds. The second kappa shape index (κ2) is 6.52. The highest BCUT2D eigenvalue weighted by Gasteiger charge is 2.23. The number of pyridine rings is 1. The second-order valence-corrected chi connectivity index (χ2v) is 7.37. The van der Waals surface area contributed by atoms with Crippen molar-refractivity contribution in [2.75, 3.05) is 12.9 Å². The molecule has 0 bridgehead atoms. The van der Waals surface area contributed by atoms with E-state index in [2.05, 4.69) is 39.8 Å². The maximum atomic E-state index is 5.47. The quantitative estimate of drug-likeness (QED) is 0.820. The van der Waals surface area contributed by atoms with Crippen molar-refractivity contribution in [1.82, 2.24) is 4.98 Å². The fraction of sp³-hybridized carbons (Fsp3) is 0.474. The number of aryl methyl sites for hydroxylation is 2. The summed E-state index contributed by atoms with van der Waals surface area (Å²) in [5.74, 6) is 2.53. The van der Waals surface area contributed by atoms with Gasteiger partial charge >= 0.3 is 0 Å². The number of aliphatic imine (C=N–C) groups is 1. The molecule has 0 spiro atoms. The fourth-order valence-electron chi connectivity index (χ4n) is 2.97. The van der Waals surface area contributed by atoms with Gasteiger partial charge in [0.05, 0.1) is 24.4 Å². The summed E-state index contributed by atoms with van der Waals surface area (Å²) in [5.41, 5.74) is 4.48. The number of benzene rings is 1. The Bertz CT molecular complexity index is 768. The zero-order valence-electron chi connectivity index (χ0n) is 14.5. The van der Waals surface area contributed by atoms with Crippen LogP contribution in [-0.4, -0.2) is 28.9 Å². The molecular weight excluding hydrogens is 304 g/mol. The average Bonchev–Trinajstić information content (AvgIpc) is 3.05. The van der Waals surface area contributed by atoms with Gasteiger partial charge < -0.3 is 4.74 Å². The van der Waals surface area contributed by atoms with Crippen LogP contribution in [0, 0.1) is 12.8 Å². The summed E-state index contributed by atoms with van der Waals surface area (Å²) in [6.07, 6.45) is 0.989. The molecule has 1 aliphatic heterocycles. The number of aromatic nitrogens is 1. The highest BCUT2D eigenvalue weighted by atomic mass is 32.2. The molecule has 122 valence electrons. The summed E-state index contributed by atoms with van der Waals surface area (Å²) < 4.78 is 5.47. The highest BCUT2D eigenvalue weighted by molar-refractivity contribution is 8.14. The van der Waals surface area contributed by atoms with E-state index in [0.717, 1.165) is 39.7 Å². The van der Waals surface area contributed by atoms with E-state index in [0.29, 0.717) is 12.0 Å². The van der Waals surface area contributed by atoms with Crippen molar-refractivity contribution in [3.05, 3.63) is 35.0 Å². The van der Waals surface area contributed by atoms with E-state index in [1.165, 1.54) is 10.9 Å². The van der Waals surface area contributed by atoms with Gasteiger partial charge in [-0.05, 0) is 43.0 Å². The van der Waals surface area contributed by atoms with Gasteiger partial charge in [0, 0.05) is 16.7 Å². The lowest BCUT2D eigenvalue weighted by atomic mass is 10.0. The molecule has 0 N–H and O–H groups in total. The number of ether oxygens (including phenoxy) is 1. The average molecular weight is 328 g/mol. The second-order valence-electron chi connectivity index (χ2n) is 6.37. The monoisotopic (exact) mass is 328 g/mol. The Morgan fingerprint density at radius 1 is 1.35 bits per heavy atom. The molecule has 0 saturated heterocycles. The van der Waals surface area contributed by atoms with Crippen LogP contribution in [0.3, 0.4) is 0 Å². The van der Waals surface area contributed by atoms with Crippen LogP contribution in [0.5, 0.6) is 5.75 Å². The van der Waals surface area contributed by atoms with Crippen LogP contribution in [0.4, 0.5) is 0 Å². The van der Waals surface area contributed by atoms with E-state index in [1.807, 2.05) is 17.8 Å². The molecule has 1 unspecified atom stereocenters. The lowest BCUT2D eigenvalue weighted by Gasteiger charge is -2.12. The Hall–Kier alpha value is -1.55. The van der Waals surface area contributed by atoms with Gasteiger partial charge in [-0.15, -0.1) is 11.8 Å². The first-order valence-electron chi connectivity index (χ1n) is 8.23. The standard InChI is InChI=1S/C19H24N2OS/c1-6-13-9-15(19-21-16(10-23-19)11(2)3)20-18-12(4)17(22-5)8-7-14(13)18/h7-9,11,16H,6,10H2,1-5H3. The molecule has 0 aliphatic carbocycles. The molecule has 0 fully saturated rings. The fourth-order valence-corrected chi connectivity index (χ4v) is 4.23. The van der Waals surface area contributed by atoms with Crippen molar-refractivity contribution in [2.45, 2.75) is 40.2 Å². The molecule has 2 heterocycles. The van der Waals surface area contributed by atoms with Crippen LogP contribution in [0.25, 0.3) is 10.9 Å². The maximum absolute atomic E-state index is 5.47. The van der Waals surface area contributed by atoms with Crippen molar-refractivity contribution < 1.29 is 4.74 Å². The van der Waals surface area contributed by atoms with Crippen molar-refractivity contribution in [3.8, 4) is 5.75 Å². The number of methoxy groups -OCH3 is 1. The Morgan fingerprint density at radius 2 is 2.13 bits per heavy atom. The minimum absolute atomic E-state index is 0.406. The van der Waals surface area contributed by atoms with Crippen LogP contribution in [0.15, 0.2) is 23.2 Å². The van der Waals surface area contributed by atoms with Crippen molar-refractivity contribution >= 4 is 27.7 Å². The molecule has 1 atom stereocenters. The van der Waals surface area contributed by atoms with Gasteiger partial charge in [-0.1, -0.05) is 20.8 Å². The highest BCUT2D eigenvalue weighted by Crippen LogP contribution is 2.32. The Kier molecular flexibility index (Phi) is 4.62. The van der Waals surface area contributed by atoms with Crippen LogP contribution >= 0.6 is 11.8 Å².